The highest BCUT2D eigenvalue weighted by Crippen LogP contribution is 2.33. The summed E-state index contributed by atoms with van der Waals surface area (Å²) in [4.78, 5) is 2.44. The number of rotatable bonds is 4. The molecule has 1 aromatic carbocycles. The zero-order chi connectivity index (χ0) is 14.7. The van der Waals surface area contributed by atoms with E-state index in [1.165, 1.54) is 12.8 Å². The minimum Gasteiger partial charge on any atom is -0.467 e. The number of halogens is 1. The Bertz CT molecular complexity index is 493. The summed E-state index contributed by atoms with van der Waals surface area (Å²) in [5.41, 5.74) is 2.18. The summed E-state index contributed by atoms with van der Waals surface area (Å²) >= 11 is 6.22. The van der Waals surface area contributed by atoms with Crippen molar-refractivity contribution in [1.82, 2.24) is 4.90 Å². The van der Waals surface area contributed by atoms with Gasteiger partial charge in [-0.2, -0.15) is 0 Å². The number of likely N-dealkylation sites (tertiary alicyclic amines) is 1. The third kappa shape index (κ3) is 3.69. The van der Waals surface area contributed by atoms with Gasteiger partial charge in [-0.05, 0) is 43.9 Å². The van der Waals surface area contributed by atoms with Crippen molar-refractivity contribution in [2.24, 2.45) is 5.92 Å². The maximum atomic E-state index is 9.12. The second-order valence-electron chi connectivity index (χ2n) is 5.92. The SMILES string of the molecule is OCCC1CCCN(Cc2cc(Cl)cc3c2OCOC3)C1. The lowest BCUT2D eigenvalue weighted by Crippen LogP contribution is -2.35. The van der Waals surface area contributed by atoms with Gasteiger partial charge in [0.2, 0.25) is 0 Å². The predicted octanol–water partition coefficient (Wildman–Crippen LogP) is 2.80. The van der Waals surface area contributed by atoms with Gasteiger partial charge in [0.05, 0.1) is 6.61 Å². The first kappa shape index (κ1) is 15.1. The van der Waals surface area contributed by atoms with Crippen LogP contribution in [-0.4, -0.2) is 36.5 Å². The van der Waals surface area contributed by atoms with Crippen LogP contribution in [0, 0.1) is 5.92 Å². The fourth-order valence-electron chi connectivity index (χ4n) is 3.33. The third-order valence-electron chi connectivity index (χ3n) is 4.29. The van der Waals surface area contributed by atoms with Gasteiger partial charge in [0.25, 0.3) is 0 Å². The van der Waals surface area contributed by atoms with Crippen LogP contribution in [0.4, 0.5) is 0 Å². The molecule has 0 aliphatic carbocycles. The lowest BCUT2D eigenvalue weighted by molar-refractivity contribution is -0.0176. The van der Waals surface area contributed by atoms with Crippen LogP contribution in [-0.2, 0) is 17.9 Å². The summed E-state index contributed by atoms with van der Waals surface area (Å²) in [6, 6.07) is 3.92. The van der Waals surface area contributed by atoms with Crippen LogP contribution >= 0.6 is 11.6 Å². The molecule has 2 heterocycles. The number of fused-ring (bicyclic) bond motifs is 1. The van der Waals surface area contributed by atoms with Crippen LogP contribution in [0.25, 0.3) is 0 Å². The Hall–Kier alpha value is -0.810. The minimum atomic E-state index is 0.283. The fourth-order valence-corrected chi connectivity index (χ4v) is 3.59. The summed E-state index contributed by atoms with van der Waals surface area (Å²) in [5, 5.41) is 9.86. The van der Waals surface area contributed by atoms with E-state index in [1.807, 2.05) is 12.1 Å². The standard InChI is InChI=1S/C16H22ClNO3/c17-15-6-13(16-14(7-15)10-20-11-21-16)9-18-4-1-2-12(8-18)3-5-19/h6-7,12,19H,1-5,8-11H2. The topological polar surface area (TPSA) is 41.9 Å². The molecular weight excluding hydrogens is 290 g/mol. The number of piperidine rings is 1. The van der Waals surface area contributed by atoms with Gasteiger partial charge >= 0.3 is 0 Å². The number of aliphatic hydroxyl groups excluding tert-OH is 1. The molecule has 1 unspecified atom stereocenters. The van der Waals surface area contributed by atoms with Gasteiger partial charge in [0.15, 0.2) is 6.79 Å². The molecule has 0 spiro atoms. The first-order valence-corrected chi connectivity index (χ1v) is 7.99. The van der Waals surface area contributed by atoms with Gasteiger partial charge in [0.1, 0.15) is 5.75 Å². The van der Waals surface area contributed by atoms with Crippen molar-refractivity contribution in [2.75, 3.05) is 26.5 Å². The molecule has 0 amide bonds. The Labute approximate surface area is 130 Å². The quantitative estimate of drug-likeness (QED) is 0.928. The number of hydrogen-bond acceptors (Lipinski definition) is 4. The molecule has 2 aliphatic rings. The number of hydrogen-bond donors (Lipinski definition) is 1. The highest BCUT2D eigenvalue weighted by Gasteiger charge is 2.22. The summed E-state index contributed by atoms with van der Waals surface area (Å²) in [5.74, 6) is 1.54. The molecule has 0 radical (unpaired) electrons. The summed E-state index contributed by atoms with van der Waals surface area (Å²) in [6.07, 6.45) is 3.31. The molecule has 1 atom stereocenters. The van der Waals surface area contributed by atoms with E-state index >= 15 is 0 Å². The van der Waals surface area contributed by atoms with Crippen molar-refractivity contribution >= 4 is 11.6 Å². The maximum Gasteiger partial charge on any atom is 0.189 e. The van der Waals surface area contributed by atoms with Gasteiger partial charge in [-0.25, -0.2) is 0 Å². The third-order valence-corrected chi connectivity index (χ3v) is 4.50. The van der Waals surface area contributed by atoms with Crippen LogP contribution in [0.5, 0.6) is 5.75 Å². The van der Waals surface area contributed by atoms with Crippen molar-refractivity contribution in [2.45, 2.75) is 32.4 Å². The Kier molecular flexibility index (Phi) is 5.01. The van der Waals surface area contributed by atoms with Crippen molar-refractivity contribution in [3.63, 3.8) is 0 Å². The molecule has 2 aliphatic heterocycles. The first-order valence-electron chi connectivity index (χ1n) is 7.61. The number of benzene rings is 1. The van der Waals surface area contributed by atoms with E-state index in [0.29, 0.717) is 19.3 Å². The molecule has 116 valence electrons. The van der Waals surface area contributed by atoms with Gasteiger partial charge in [0, 0.05) is 35.8 Å². The zero-order valence-electron chi connectivity index (χ0n) is 12.2. The number of aliphatic hydroxyl groups is 1. The molecule has 5 heteroatoms. The second-order valence-corrected chi connectivity index (χ2v) is 6.36. The zero-order valence-corrected chi connectivity index (χ0v) is 12.9. The lowest BCUT2D eigenvalue weighted by atomic mass is 9.94. The summed E-state index contributed by atoms with van der Waals surface area (Å²) < 4.78 is 11.0. The molecular formula is C16H22ClNO3. The van der Waals surface area contributed by atoms with Gasteiger partial charge in [-0.3, -0.25) is 4.90 Å². The van der Waals surface area contributed by atoms with Gasteiger partial charge < -0.3 is 14.6 Å². The van der Waals surface area contributed by atoms with Crippen LogP contribution in [0.15, 0.2) is 12.1 Å². The Morgan fingerprint density at radius 1 is 1.38 bits per heavy atom. The Morgan fingerprint density at radius 3 is 3.14 bits per heavy atom. The lowest BCUT2D eigenvalue weighted by Gasteiger charge is -2.33. The monoisotopic (exact) mass is 311 g/mol. The average molecular weight is 312 g/mol. The van der Waals surface area contributed by atoms with E-state index in [1.54, 1.807) is 0 Å². The molecule has 21 heavy (non-hydrogen) atoms. The number of nitrogens with zero attached hydrogens (tertiary/aromatic N) is 1. The van der Waals surface area contributed by atoms with Crippen molar-refractivity contribution in [3.8, 4) is 5.75 Å². The molecule has 0 bridgehead atoms. The van der Waals surface area contributed by atoms with E-state index in [4.69, 9.17) is 26.2 Å². The second kappa shape index (κ2) is 6.97. The maximum absolute atomic E-state index is 9.12. The van der Waals surface area contributed by atoms with Crippen LogP contribution in [0.1, 0.15) is 30.4 Å². The van der Waals surface area contributed by atoms with E-state index in [2.05, 4.69) is 4.90 Å². The van der Waals surface area contributed by atoms with Crippen LogP contribution in [0.3, 0.4) is 0 Å². The van der Waals surface area contributed by atoms with Crippen LogP contribution < -0.4 is 4.74 Å². The van der Waals surface area contributed by atoms with Crippen molar-refractivity contribution in [1.29, 1.82) is 0 Å². The molecule has 1 fully saturated rings. The molecule has 0 saturated carbocycles. The highest BCUT2D eigenvalue weighted by atomic mass is 35.5. The van der Waals surface area contributed by atoms with E-state index in [0.717, 1.165) is 48.0 Å². The van der Waals surface area contributed by atoms with Crippen LogP contribution in [0.2, 0.25) is 5.02 Å². The molecule has 4 nitrogen and oxygen atoms in total. The van der Waals surface area contributed by atoms with E-state index in [-0.39, 0.29) is 6.61 Å². The van der Waals surface area contributed by atoms with Gasteiger partial charge in [-0.1, -0.05) is 11.6 Å². The number of ether oxygens (including phenoxy) is 2. The molecule has 1 saturated heterocycles. The predicted molar refractivity (Wildman–Crippen MR) is 81.4 cm³/mol. The Morgan fingerprint density at radius 2 is 2.29 bits per heavy atom. The molecule has 1 aromatic rings. The van der Waals surface area contributed by atoms with E-state index in [9.17, 15) is 0 Å². The fraction of sp³-hybridized carbons (Fsp3) is 0.625. The summed E-state index contributed by atoms with van der Waals surface area (Å²) in [7, 11) is 0. The first-order chi connectivity index (χ1) is 10.3. The average Bonchev–Trinajstić information content (AvgIpc) is 2.48. The Balaban J connectivity index is 1.73. The summed E-state index contributed by atoms with van der Waals surface area (Å²) in [6.45, 7) is 4.15. The molecule has 3 rings (SSSR count). The largest absolute Gasteiger partial charge is 0.467 e. The van der Waals surface area contributed by atoms with Crippen molar-refractivity contribution in [3.05, 3.63) is 28.3 Å². The molecule has 0 aromatic heterocycles. The molecule has 1 N–H and O–H groups in total. The van der Waals surface area contributed by atoms with Crippen molar-refractivity contribution < 1.29 is 14.6 Å². The highest BCUT2D eigenvalue weighted by molar-refractivity contribution is 6.30. The minimum absolute atomic E-state index is 0.283. The smallest absolute Gasteiger partial charge is 0.189 e. The normalized spacial score (nSPS) is 22.7. The van der Waals surface area contributed by atoms with Gasteiger partial charge in [-0.15, -0.1) is 0 Å². The van der Waals surface area contributed by atoms with E-state index < -0.39 is 0 Å².